The highest BCUT2D eigenvalue weighted by Crippen LogP contribution is 2.26. The fourth-order valence-corrected chi connectivity index (χ4v) is 2.63. The Morgan fingerprint density at radius 3 is 2.45 bits per heavy atom. The first-order chi connectivity index (χ1) is 9.43. The van der Waals surface area contributed by atoms with Gasteiger partial charge in [-0.25, -0.2) is 13.2 Å². The van der Waals surface area contributed by atoms with Crippen molar-refractivity contribution >= 4 is 0 Å². The van der Waals surface area contributed by atoms with Crippen LogP contribution in [-0.2, 0) is 0 Å². The Hall–Kier alpha value is -1.11. The molecule has 1 aliphatic heterocycles. The highest BCUT2D eigenvalue weighted by Gasteiger charge is 2.29. The number of rotatable bonds is 3. The van der Waals surface area contributed by atoms with Crippen LogP contribution in [0.5, 0.6) is 0 Å². The van der Waals surface area contributed by atoms with Crippen molar-refractivity contribution in [3.05, 3.63) is 35.1 Å². The van der Waals surface area contributed by atoms with Crippen LogP contribution in [0.1, 0.15) is 18.5 Å². The van der Waals surface area contributed by atoms with Crippen LogP contribution in [0.3, 0.4) is 0 Å². The summed E-state index contributed by atoms with van der Waals surface area (Å²) in [6.07, 6.45) is 0. The molecule has 1 aliphatic rings. The molecule has 0 aliphatic carbocycles. The molecule has 6 heteroatoms. The van der Waals surface area contributed by atoms with Crippen LogP contribution in [0.2, 0.25) is 0 Å². The van der Waals surface area contributed by atoms with Gasteiger partial charge in [-0.05, 0) is 20.0 Å². The van der Waals surface area contributed by atoms with Gasteiger partial charge in [0.25, 0.3) is 0 Å². The van der Waals surface area contributed by atoms with Gasteiger partial charge in [-0.1, -0.05) is 0 Å². The minimum atomic E-state index is -1.17. The van der Waals surface area contributed by atoms with Crippen molar-refractivity contribution < 1.29 is 13.2 Å². The molecule has 3 nitrogen and oxygen atoms in total. The first-order valence-corrected chi connectivity index (χ1v) is 6.72. The van der Waals surface area contributed by atoms with Crippen molar-refractivity contribution in [2.45, 2.75) is 19.0 Å². The third-order valence-electron chi connectivity index (χ3n) is 4.05. The van der Waals surface area contributed by atoms with Gasteiger partial charge in [0.05, 0.1) is 6.04 Å². The summed E-state index contributed by atoms with van der Waals surface area (Å²) >= 11 is 0. The highest BCUT2D eigenvalue weighted by atomic mass is 19.2. The van der Waals surface area contributed by atoms with Gasteiger partial charge >= 0.3 is 0 Å². The smallest absolute Gasteiger partial charge is 0.161 e. The van der Waals surface area contributed by atoms with Crippen molar-refractivity contribution in [3.63, 3.8) is 0 Å². The molecule has 0 aromatic heterocycles. The number of nitrogens with two attached hydrogens (primary N) is 1. The average Bonchev–Trinajstić information content (AvgIpc) is 2.40. The molecule has 112 valence electrons. The number of likely N-dealkylation sites (N-methyl/N-ethyl adjacent to an activating group) is 1. The van der Waals surface area contributed by atoms with Crippen LogP contribution in [0.15, 0.2) is 12.1 Å². The molecule has 2 unspecified atom stereocenters. The first kappa shape index (κ1) is 15.3. The molecule has 20 heavy (non-hydrogen) atoms. The Kier molecular flexibility index (Phi) is 4.67. The molecule has 0 amide bonds. The topological polar surface area (TPSA) is 32.5 Å². The van der Waals surface area contributed by atoms with Gasteiger partial charge < -0.3 is 10.6 Å². The lowest BCUT2D eigenvalue weighted by atomic mass is 10.0. The van der Waals surface area contributed by atoms with E-state index < -0.39 is 23.5 Å². The first-order valence-electron chi connectivity index (χ1n) is 6.72. The second-order valence-corrected chi connectivity index (χ2v) is 5.36. The monoisotopic (exact) mass is 287 g/mol. The van der Waals surface area contributed by atoms with Crippen LogP contribution in [0.25, 0.3) is 0 Å². The molecule has 0 radical (unpaired) electrons. The minimum absolute atomic E-state index is 0.128. The predicted octanol–water partition coefficient (Wildman–Crippen LogP) is 1.74. The van der Waals surface area contributed by atoms with Gasteiger partial charge in [0.2, 0.25) is 0 Å². The summed E-state index contributed by atoms with van der Waals surface area (Å²) in [5.74, 6) is -2.96. The SMILES string of the molecule is CC1CN(C(CN)c2cc(F)c(F)cc2F)CCN1C. The summed E-state index contributed by atoms with van der Waals surface area (Å²) in [6, 6.07) is 1.39. The largest absolute Gasteiger partial charge is 0.329 e. The molecule has 1 heterocycles. The number of hydrogen-bond acceptors (Lipinski definition) is 3. The van der Waals surface area contributed by atoms with Crippen LogP contribution in [0, 0.1) is 17.5 Å². The summed E-state index contributed by atoms with van der Waals surface area (Å²) in [6.45, 7) is 4.51. The van der Waals surface area contributed by atoms with E-state index in [1.54, 1.807) is 0 Å². The third kappa shape index (κ3) is 2.97. The van der Waals surface area contributed by atoms with Crippen LogP contribution in [-0.4, -0.2) is 49.1 Å². The van der Waals surface area contributed by atoms with E-state index in [9.17, 15) is 13.2 Å². The van der Waals surface area contributed by atoms with Gasteiger partial charge in [0.1, 0.15) is 5.82 Å². The maximum absolute atomic E-state index is 13.9. The van der Waals surface area contributed by atoms with Gasteiger partial charge in [-0.15, -0.1) is 0 Å². The van der Waals surface area contributed by atoms with Crippen molar-refractivity contribution in [1.29, 1.82) is 0 Å². The molecule has 2 rings (SSSR count). The van der Waals surface area contributed by atoms with Gasteiger partial charge in [0, 0.05) is 43.9 Å². The van der Waals surface area contributed by atoms with Gasteiger partial charge in [0.15, 0.2) is 11.6 Å². The van der Waals surface area contributed by atoms with E-state index in [1.165, 1.54) is 0 Å². The molecule has 2 atom stereocenters. The van der Waals surface area contributed by atoms with Crippen molar-refractivity contribution in [2.75, 3.05) is 33.2 Å². The van der Waals surface area contributed by atoms with Crippen molar-refractivity contribution in [2.24, 2.45) is 5.73 Å². The van der Waals surface area contributed by atoms with Crippen LogP contribution >= 0.6 is 0 Å². The van der Waals surface area contributed by atoms with E-state index in [1.807, 2.05) is 11.9 Å². The van der Waals surface area contributed by atoms with E-state index in [4.69, 9.17) is 5.73 Å². The molecule has 1 fully saturated rings. The van der Waals surface area contributed by atoms with Crippen molar-refractivity contribution in [3.8, 4) is 0 Å². The van der Waals surface area contributed by atoms with Crippen LogP contribution < -0.4 is 5.73 Å². The van der Waals surface area contributed by atoms with Gasteiger partial charge in [-0.3, -0.25) is 4.90 Å². The molecule has 0 saturated carbocycles. The number of hydrogen-bond donors (Lipinski definition) is 1. The molecule has 0 spiro atoms. The lowest BCUT2D eigenvalue weighted by Crippen LogP contribution is -2.52. The highest BCUT2D eigenvalue weighted by molar-refractivity contribution is 5.24. The second kappa shape index (κ2) is 6.11. The fourth-order valence-electron chi connectivity index (χ4n) is 2.63. The molecule has 1 aromatic rings. The Bertz CT molecular complexity index is 481. The van der Waals surface area contributed by atoms with E-state index in [0.717, 1.165) is 25.7 Å². The van der Waals surface area contributed by atoms with E-state index in [-0.39, 0.29) is 12.1 Å². The maximum atomic E-state index is 13.9. The normalized spacial score (nSPS) is 23.0. The van der Waals surface area contributed by atoms with Gasteiger partial charge in [-0.2, -0.15) is 0 Å². The average molecular weight is 287 g/mol. The zero-order valence-corrected chi connectivity index (χ0v) is 11.7. The Morgan fingerprint density at radius 2 is 1.85 bits per heavy atom. The zero-order chi connectivity index (χ0) is 14.9. The molecular formula is C14H20F3N3. The fraction of sp³-hybridized carbons (Fsp3) is 0.571. The summed E-state index contributed by atoms with van der Waals surface area (Å²) < 4.78 is 40.3. The van der Waals surface area contributed by atoms with Crippen LogP contribution in [0.4, 0.5) is 13.2 Å². The Morgan fingerprint density at radius 1 is 1.20 bits per heavy atom. The summed E-state index contributed by atoms with van der Waals surface area (Å²) in [7, 11) is 2.03. The number of piperazine rings is 1. The Balaban J connectivity index is 2.26. The minimum Gasteiger partial charge on any atom is -0.329 e. The number of nitrogens with zero attached hydrogens (tertiary/aromatic N) is 2. The van der Waals surface area contributed by atoms with E-state index in [0.29, 0.717) is 12.1 Å². The van der Waals surface area contributed by atoms with Crippen molar-refractivity contribution in [1.82, 2.24) is 9.80 Å². The van der Waals surface area contributed by atoms with E-state index in [2.05, 4.69) is 11.8 Å². The number of benzene rings is 1. The summed E-state index contributed by atoms with van der Waals surface area (Å²) in [4.78, 5) is 4.23. The predicted molar refractivity (Wildman–Crippen MR) is 71.8 cm³/mol. The maximum Gasteiger partial charge on any atom is 0.161 e. The standard InChI is InChI=1S/C14H20F3N3/c1-9-8-20(4-3-19(9)2)14(7-18)10-5-12(16)13(17)6-11(10)15/h5-6,9,14H,3-4,7-8,18H2,1-2H3. The number of halogens is 3. The third-order valence-corrected chi connectivity index (χ3v) is 4.05. The molecular weight excluding hydrogens is 267 g/mol. The summed E-state index contributed by atoms with van der Waals surface area (Å²) in [5.41, 5.74) is 5.86. The quantitative estimate of drug-likeness (QED) is 0.860. The lowest BCUT2D eigenvalue weighted by Gasteiger charge is -2.41. The molecule has 1 saturated heterocycles. The summed E-state index contributed by atoms with van der Waals surface area (Å²) in [5, 5.41) is 0. The molecule has 2 N–H and O–H groups in total. The zero-order valence-electron chi connectivity index (χ0n) is 11.7. The molecule has 0 bridgehead atoms. The van der Waals surface area contributed by atoms with E-state index >= 15 is 0 Å². The Labute approximate surface area is 117 Å². The lowest BCUT2D eigenvalue weighted by molar-refractivity contribution is 0.0727. The second-order valence-electron chi connectivity index (χ2n) is 5.36. The molecule has 1 aromatic carbocycles.